The van der Waals surface area contributed by atoms with Gasteiger partial charge < -0.3 is 5.32 Å². The zero-order valence-electron chi connectivity index (χ0n) is 11.2. The Hall–Kier alpha value is -0.0500. The van der Waals surface area contributed by atoms with Crippen LogP contribution in [0.3, 0.4) is 0 Å². The molecule has 0 aromatic carbocycles. The summed E-state index contributed by atoms with van der Waals surface area (Å²) < 4.78 is 0. The zero-order valence-corrected chi connectivity index (χ0v) is 12.8. The lowest BCUT2D eigenvalue weighted by molar-refractivity contribution is -0.123. The minimum Gasteiger partial charge on any atom is -0.355 e. The van der Waals surface area contributed by atoms with E-state index in [1.54, 1.807) is 0 Å². The first kappa shape index (κ1) is 14.0. The molecular weight excluding hydrogens is 266 g/mol. The Labute approximate surface area is 108 Å². The molecule has 0 saturated heterocycles. The van der Waals surface area contributed by atoms with Crippen LogP contribution in [-0.2, 0) is 4.79 Å². The highest BCUT2D eigenvalue weighted by Gasteiger charge is 2.68. The summed E-state index contributed by atoms with van der Waals surface area (Å²) in [6.45, 7) is 13.7. The van der Waals surface area contributed by atoms with E-state index in [0.717, 1.165) is 6.54 Å². The van der Waals surface area contributed by atoms with Crippen LogP contribution in [0.25, 0.3) is 0 Å². The third-order valence-electron chi connectivity index (χ3n) is 4.48. The molecule has 0 aliphatic heterocycles. The molecule has 1 aliphatic rings. The molecule has 1 amide bonds. The molecule has 1 unspecified atom stereocenters. The molecule has 1 atom stereocenters. The first-order valence-corrected chi connectivity index (χ1v) is 6.95. The number of halogens is 1. The third-order valence-corrected chi connectivity index (χ3v) is 5.86. The second kappa shape index (κ2) is 4.32. The maximum Gasteiger partial charge on any atom is 0.224 e. The molecule has 0 spiro atoms. The fraction of sp³-hybridized carbons (Fsp3) is 0.923. The smallest absolute Gasteiger partial charge is 0.224 e. The largest absolute Gasteiger partial charge is 0.355 e. The van der Waals surface area contributed by atoms with E-state index in [2.05, 4.69) is 62.8 Å². The number of nitrogens with one attached hydrogen (secondary N) is 1. The van der Waals surface area contributed by atoms with Crippen LogP contribution >= 0.6 is 15.9 Å². The molecule has 0 aromatic rings. The number of alkyl halides is 1. The Balaban J connectivity index is 2.45. The first-order chi connectivity index (χ1) is 7.12. The second-order valence-electron chi connectivity index (χ2n) is 6.38. The van der Waals surface area contributed by atoms with Gasteiger partial charge in [0.2, 0.25) is 5.91 Å². The lowest BCUT2D eigenvalue weighted by Crippen LogP contribution is -2.34. The second-order valence-corrected chi connectivity index (χ2v) is 7.56. The lowest BCUT2D eigenvalue weighted by Gasteiger charge is -2.14. The van der Waals surface area contributed by atoms with Gasteiger partial charge in [-0.15, -0.1) is 0 Å². The Morgan fingerprint density at radius 1 is 1.25 bits per heavy atom. The molecule has 1 saturated carbocycles. The van der Waals surface area contributed by atoms with Crippen LogP contribution in [0.1, 0.15) is 41.5 Å². The highest BCUT2D eigenvalue weighted by molar-refractivity contribution is 9.09. The van der Waals surface area contributed by atoms with Crippen molar-refractivity contribution in [2.45, 2.75) is 46.4 Å². The van der Waals surface area contributed by atoms with Crippen molar-refractivity contribution in [3.63, 3.8) is 0 Å². The van der Waals surface area contributed by atoms with E-state index < -0.39 is 0 Å². The molecule has 94 valence electrons. The number of rotatable bonds is 4. The summed E-state index contributed by atoms with van der Waals surface area (Å²) >= 11 is 3.58. The Morgan fingerprint density at radius 2 is 1.69 bits per heavy atom. The molecule has 0 radical (unpaired) electrons. The van der Waals surface area contributed by atoms with E-state index in [-0.39, 0.29) is 22.7 Å². The molecule has 0 bridgehead atoms. The summed E-state index contributed by atoms with van der Waals surface area (Å²) in [5.41, 5.74) is 0.271. The number of carbonyl (C=O) groups excluding carboxylic acids is 1. The average Bonchev–Trinajstić information content (AvgIpc) is 2.53. The number of hydrogen-bond donors (Lipinski definition) is 1. The van der Waals surface area contributed by atoms with Gasteiger partial charge in [0.05, 0.1) is 0 Å². The predicted octanol–water partition coefficient (Wildman–Crippen LogP) is 3.20. The maximum absolute atomic E-state index is 12.0. The first-order valence-electron chi connectivity index (χ1n) is 6.04. The van der Waals surface area contributed by atoms with Crippen molar-refractivity contribution < 1.29 is 4.79 Å². The molecule has 1 N–H and O–H groups in total. The van der Waals surface area contributed by atoms with Crippen LogP contribution in [-0.4, -0.2) is 17.3 Å². The summed E-state index contributed by atoms with van der Waals surface area (Å²) in [6.07, 6.45) is 0. The summed E-state index contributed by atoms with van der Waals surface area (Å²) in [6, 6.07) is 0. The molecule has 1 fully saturated rings. The quantitative estimate of drug-likeness (QED) is 0.791. The molecule has 3 heteroatoms. The van der Waals surface area contributed by atoms with Gasteiger partial charge in [0.25, 0.3) is 0 Å². The SMILES string of the molecule is CC(C)C(Br)CNC(=O)C1C(C)(C)C1(C)C. The molecule has 1 aliphatic carbocycles. The number of hydrogen-bond acceptors (Lipinski definition) is 1. The zero-order chi connectivity index (χ0) is 12.7. The van der Waals surface area contributed by atoms with E-state index >= 15 is 0 Å². The van der Waals surface area contributed by atoms with Crippen LogP contribution in [0, 0.1) is 22.7 Å². The number of carbonyl (C=O) groups is 1. The normalized spacial score (nSPS) is 24.2. The van der Waals surface area contributed by atoms with Crippen molar-refractivity contribution in [1.82, 2.24) is 5.32 Å². The van der Waals surface area contributed by atoms with Crippen LogP contribution < -0.4 is 5.32 Å². The molecule has 0 aromatic heterocycles. The molecule has 16 heavy (non-hydrogen) atoms. The Bertz CT molecular complexity index is 270. The predicted molar refractivity (Wildman–Crippen MR) is 71.6 cm³/mol. The van der Waals surface area contributed by atoms with E-state index in [1.165, 1.54) is 0 Å². The monoisotopic (exact) mass is 289 g/mol. The summed E-state index contributed by atoms with van der Waals surface area (Å²) in [4.78, 5) is 12.4. The van der Waals surface area contributed by atoms with Gasteiger partial charge in [-0.3, -0.25) is 4.79 Å². The molecule has 1 rings (SSSR count). The van der Waals surface area contributed by atoms with Crippen LogP contribution in [0.15, 0.2) is 0 Å². The summed E-state index contributed by atoms with van der Waals surface area (Å²) in [7, 11) is 0. The molecule has 0 heterocycles. The minimum absolute atomic E-state index is 0.136. The van der Waals surface area contributed by atoms with Crippen LogP contribution in [0.5, 0.6) is 0 Å². The highest BCUT2D eigenvalue weighted by Crippen LogP contribution is 2.68. The summed E-state index contributed by atoms with van der Waals surface area (Å²) in [5, 5.41) is 3.05. The van der Waals surface area contributed by atoms with Crippen molar-refractivity contribution >= 4 is 21.8 Å². The lowest BCUT2D eigenvalue weighted by atomic mass is 10.0. The Kier molecular flexibility index (Phi) is 3.78. The van der Waals surface area contributed by atoms with E-state index in [0.29, 0.717) is 10.7 Å². The van der Waals surface area contributed by atoms with Gasteiger partial charge in [-0.2, -0.15) is 0 Å². The van der Waals surface area contributed by atoms with Gasteiger partial charge in [0.15, 0.2) is 0 Å². The Morgan fingerprint density at radius 3 is 2.00 bits per heavy atom. The van der Waals surface area contributed by atoms with E-state index in [9.17, 15) is 4.79 Å². The van der Waals surface area contributed by atoms with Crippen LogP contribution in [0.2, 0.25) is 0 Å². The van der Waals surface area contributed by atoms with Gasteiger partial charge in [0.1, 0.15) is 0 Å². The van der Waals surface area contributed by atoms with E-state index in [4.69, 9.17) is 0 Å². The highest BCUT2D eigenvalue weighted by atomic mass is 79.9. The fourth-order valence-corrected chi connectivity index (χ4v) is 2.55. The standard InChI is InChI=1S/C13H24BrNO/c1-8(2)9(14)7-15-11(16)10-12(3,4)13(10,5)6/h8-10H,7H2,1-6H3,(H,15,16). The van der Waals surface area contributed by atoms with Gasteiger partial charge in [-0.1, -0.05) is 57.5 Å². The topological polar surface area (TPSA) is 29.1 Å². The van der Waals surface area contributed by atoms with Crippen molar-refractivity contribution in [3.05, 3.63) is 0 Å². The van der Waals surface area contributed by atoms with Gasteiger partial charge in [0, 0.05) is 17.3 Å². The number of amides is 1. The fourth-order valence-electron chi connectivity index (χ4n) is 2.39. The van der Waals surface area contributed by atoms with Gasteiger partial charge >= 0.3 is 0 Å². The molecule has 2 nitrogen and oxygen atoms in total. The minimum atomic E-state index is 0.136. The van der Waals surface area contributed by atoms with Crippen molar-refractivity contribution in [1.29, 1.82) is 0 Å². The maximum atomic E-state index is 12.0. The van der Waals surface area contributed by atoms with Crippen LogP contribution in [0.4, 0.5) is 0 Å². The van der Waals surface area contributed by atoms with Gasteiger partial charge in [-0.25, -0.2) is 0 Å². The van der Waals surface area contributed by atoms with Crippen molar-refractivity contribution in [3.8, 4) is 0 Å². The van der Waals surface area contributed by atoms with Gasteiger partial charge in [-0.05, 0) is 16.7 Å². The van der Waals surface area contributed by atoms with Crippen molar-refractivity contribution in [2.24, 2.45) is 22.7 Å². The summed E-state index contributed by atoms with van der Waals surface area (Å²) in [5.74, 6) is 0.910. The average molecular weight is 290 g/mol. The van der Waals surface area contributed by atoms with E-state index in [1.807, 2.05) is 0 Å². The van der Waals surface area contributed by atoms with Crippen molar-refractivity contribution in [2.75, 3.05) is 6.54 Å². The third kappa shape index (κ3) is 2.29. The molecular formula is C13H24BrNO.